The van der Waals surface area contributed by atoms with Gasteiger partial charge in [-0.25, -0.2) is 4.79 Å². The van der Waals surface area contributed by atoms with E-state index in [2.05, 4.69) is 20.7 Å². The van der Waals surface area contributed by atoms with Crippen LogP contribution in [0.2, 0.25) is 0 Å². The molecule has 3 nitrogen and oxygen atoms in total. The summed E-state index contributed by atoms with van der Waals surface area (Å²) in [6, 6.07) is 3.78. The van der Waals surface area contributed by atoms with Gasteiger partial charge in [-0.1, -0.05) is 15.9 Å². The van der Waals surface area contributed by atoms with E-state index >= 15 is 0 Å². The lowest BCUT2D eigenvalue weighted by Gasteiger charge is -2.15. The number of alkyl halides is 2. The second-order valence-corrected chi connectivity index (χ2v) is 3.64. The van der Waals surface area contributed by atoms with Crippen LogP contribution in [-0.4, -0.2) is 18.2 Å². The number of benzene rings is 1. The van der Waals surface area contributed by atoms with Gasteiger partial charge >= 0.3 is 11.9 Å². The van der Waals surface area contributed by atoms with Crippen LogP contribution in [0, 0.1) is 0 Å². The molecular formula is C9H7BrF2O3. The molecule has 1 aromatic carbocycles. The fraction of sp³-hybridized carbons (Fsp3) is 0.222. The van der Waals surface area contributed by atoms with Crippen molar-refractivity contribution in [3.63, 3.8) is 0 Å². The number of carboxylic acid groups (broad SMARTS) is 1. The number of ether oxygens (including phenoxy) is 1. The third-order valence-electron chi connectivity index (χ3n) is 1.77. The first-order chi connectivity index (χ1) is 6.89. The number of methoxy groups -OCH3 is 1. The van der Waals surface area contributed by atoms with Gasteiger partial charge in [0.2, 0.25) is 0 Å². The zero-order valence-electron chi connectivity index (χ0n) is 7.63. The summed E-state index contributed by atoms with van der Waals surface area (Å²) in [5, 5.41) is 8.38. The number of carbonyl (C=O) groups is 1. The predicted octanol–water partition coefficient (Wildman–Crippen LogP) is 2.63. The highest BCUT2D eigenvalue weighted by molar-refractivity contribution is 9.10. The lowest BCUT2D eigenvalue weighted by atomic mass is 10.1. The Labute approximate surface area is 92.8 Å². The molecule has 0 spiro atoms. The largest absolute Gasteiger partial charge is 0.496 e. The van der Waals surface area contributed by atoms with Crippen molar-refractivity contribution in [3.8, 4) is 5.75 Å². The van der Waals surface area contributed by atoms with Crippen molar-refractivity contribution in [3.05, 3.63) is 28.2 Å². The number of carboxylic acids is 1. The van der Waals surface area contributed by atoms with E-state index in [0.29, 0.717) is 4.47 Å². The molecular weight excluding hydrogens is 274 g/mol. The lowest BCUT2D eigenvalue weighted by molar-refractivity contribution is -0.166. The molecule has 1 aromatic rings. The topological polar surface area (TPSA) is 46.5 Å². The zero-order chi connectivity index (χ0) is 11.6. The number of hydrogen-bond acceptors (Lipinski definition) is 2. The van der Waals surface area contributed by atoms with Gasteiger partial charge in [0, 0.05) is 4.47 Å². The van der Waals surface area contributed by atoms with Gasteiger partial charge in [0.25, 0.3) is 0 Å². The van der Waals surface area contributed by atoms with E-state index in [0.717, 1.165) is 6.07 Å². The highest BCUT2D eigenvalue weighted by Gasteiger charge is 2.43. The maximum atomic E-state index is 13.2. The molecule has 0 aromatic heterocycles. The van der Waals surface area contributed by atoms with Crippen LogP contribution in [0.4, 0.5) is 8.78 Å². The quantitative estimate of drug-likeness (QED) is 0.926. The van der Waals surface area contributed by atoms with Crippen LogP contribution in [0.15, 0.2) is 22.7 Å². The van der Waals surface area contributed by atoms with Crippen LogP contribution in [0.1, 0.15) is 5.56 Å². The van der Waals surface area contributed by atoms with Crippen LogP contribution < -0.4 is 4.74 Å². The molecule has 0 unspecified atom stereocenters. The molecule has 0 radical (unpaired) electrons. The smallest absolute Gasteiger partial charge is 0.379 e. The molecule has 0 saturated heterocycles. The van der Waals surface area contributed by atoms with Gasteiger partial charge in [0.1, 0.15) is 5.75 Å². The minimum absolute atomic E-state index is 0.161. The summed E-state index contributed by atoms with van der Waals surface area (Å²) in [5.41, 5.74) is -0.674. The van der Waals surface area contributed by atoms with Crippen molar-refractivity contribution in [2.75, 3.05) is 7.11 Å². The third-order valence-corrected chi connectivity index (χ3v) is 2.26. The molecule has 0 fully saturated rings. The third kappa shape index (κ3) is 2.26. The maximum absolute atomic E-state index is 13.2. The van der Waals surface area contributed by atoms with Crippen molar-refractivity contribution >= 4 is 21.9 Å². The van der Waals surface area contributed by atoms with Gasteiger partial charge in [-0.2, -0.15) is 8.78 Å². The Bertz CT molecular complexity index is 393. The second kappa shape index (κ2) is 4.14. The first kappa shape index (κ1) is 11.9. The van der Waals surface area contributed by atoms with Crippen LogP contribution in [0.5, 0.6) is 5.75 Å². The van der Waals surface area contributed by atoms with Crippen LogP contribution in [0.25, 0.3) is 0 Å². The Hall–Kier alpha value is -1.17. The molecule has 0 aliphatic heterocycles. The molecule has 0 aliphatic rings. The summed E-state index contributed by atoms with van der Waals surface area (Å²) < 4.78 is 31.4. The van der Waals surface area contributed by atoms with E-state index in [9.17, 15) is 13.6 Å². The van der Waals surface area contributed by atoms with Crippen molar-refractivity contribution in [1.82, 2.24) is 0 Å². The molecule has 15 heavy (non-hydrogen) atoms. The van der Waals surface area contributed by atoms with Crippen molar-refractivity contribution in [2.24, 2.45) is 0 Å². The first-order valence-corrected chi connectivity index (χ1v) is 4.64. The van der Waals surface area contributed by atoms with Crippen LogP contribution in [-0.2, 0) is 10.7 Å². The standard InChI is InChI=1S/C9H7BrF2O3/c1-15-7-3-2-5(10)4-6(7)9(11,12)8(13)14/h2-4H,1H3,(H,13,14). The average molecular weight is 281 g/mol. The SMILES string of the molecule is COc1ccc(Br)cc1C(F)(F)C(=O)O. The van der Waals surface area contributed by atoms with Gasteiger partial charge in [-0.3, -0.25) is 0 Å². The highest BCUT2D eigenvalue weighted by atomic mass is 79.9. The van der Waals surface area contributed by atoms with Gasteiger partial charge in [-0.05, 0) is 18.2 Å². The van der Waals surface area contributed by atoms with Crippen LogP contribution >= 0.6 is 15.9 Å². The number of aliphatic carboxylic acids is 1. The van der Waals surface area contributed by atoms with Gasteiger partial charge in [0.05, 0.1) is 12.7 Å². The number of hydrogen-bond donors (Lipinski definition) is 1. The zero-order valence-corrected chi connectivity index (χ0v) is 9.22. The Morgan fingerprint density at radius 3 is 2.60 bits per heavy atom. The predicted molar refractivity (Wildman–Crippen MR) is 52.2 cm³/mol. The monoisotopic (exact) mass is 280 g/mol. The van der Waals surface area contributed by atoms with E-state index in [1.54, 1.807) is 0 Å². The van der Waals surface area contributed by atoms with Crippen LogP contribution in [0.3, 0.4) is 0 Å². The molecule has 1 rings (SSSR count). The number of rotatable bonds is 3. The average Bonchev–Trinajstić information content (AvgIpc) is 2.17. The molecule has 82 valence electrons. The molecule has 1 N–H and O–H groups in total. The Morgan fingerprint density at radius 1 is 1.53 bits per heavy atom. The van der Waals surface area contributed by atoms with Gasteiger partial charge in [-0.15, -0.1) is 0 Å². The molecule has 0 atom stereocenters. The van der Waals surface area contributed by atoms with E-state index in [4.69, 9.17) is 5.11 Å². The highest BCUT2D eigenvalue weighted by Crippen LogP contribution is 2.36. The van der Waals surface area contributed by atoms with Gasteiger partial charge in [0.15, 0.2) is 0 Å². The first-order valence-electron chi connectivity index (χ1n) is 3.85. The maximum Gasteiger partial charge on any atom is 0.379 e. The summed E-state index contributed by atoms with van der Waals surface area (Å²) in [6.45, 7) is 0. The molecule has 0 saturated carbocycles. The Kier molecular flexibility index (Phi) is 3.28. The minimum atomic E-state index is -3.96. The fourth-order valence-electron chi connectivity index (χ4n) is 1.04. The van der Waals surface area contributed by atoms with Crippen molar-refractivity contribution in [2.45, 2.75) is 5.92 Å². The summed E-state index contributed by atoms with van der Waals surface area (Å²) in [7, 11) is 1.20. The molecule has 0 heterocycles. The number of halogens is 3. The molecule has 6 heteroatoms. The summed E-state index contributed by atoms with van der Waals surface area (Å²) >= 11 is 2.99. The van der Waals surface area contributed by atoms with E-state index in [-0.39, 0.29) is 5.75 Å². The van der Waals surface area contributed by atoms with E-state index < -0.39 is 17.5 Å². The molecule has 0 amide bonds. The van der Waals surface area contributed by atoms with E-state index in [1.807, 2.05) is 0 Å². The Balaban J connectivity index is 3.34. The summed E-state index contributed by atoms with van der Waals surface area (Å²) in [5.74, 6) is -6.33. The van der Waals surface area contributed by atoms with Crippen molar-refractivity contribution < 1.29 is 23.4 Å². The van der Waals surface area contributed by atoms with E-state index in [1.165, 1.54) is 19.2 Å². The fourth-order valence-corrected chi connectivity index (χ4v) is 1.40. The minimum Gasteiger partial charge on any atom is -0.496 e. The lowest BCUT2D eigenvalue weighted by Crippen LogP contribution is -2.25. The normalized spacial score (nSPS) is 11.2. The molecule has 0 bridgehead atoms. The van der Waals surface area contributed by atoms with Crippen molar-refractivity contribution in [1.29, 1.82) is 0 Å². The summed E-state index contributed by atoms with van der Waals surface area (Å²) in [4.78, 5) is 10.4. The molecule has 0 aliphatic carbocycles. The van der Waals surface area contributed by atoms with Gasteiger partial charge < -0.3 is 9.84 Å². The second-order valence-electron chi connectivity index (χ2n) is 2.72. The Morgan fingerprint density at radius 2 is 2.13 bits per heavy atom. The summed E-state index contributed by atoms with van der Waals surface area (Å²) in [6.07, 6.45) is 0.